The molecule has 140 valence electrons. The van der Waals surface area contributed by atoms with E-state index in [0.29, 0.717) is 22.8 Å². The number of ketones is 1. The summed E-state index contributed by atoms with van der Waals surface area (Å²) in [6.45, 7) is 3.28. The summed E-state index contributed by atoms with van der Waals surface area (Å²) in [7, 11) is 3.52. The average Bonchev–Trinajstić information content (AvgIpc) is 2.96. The van der Waals surface area contributed by atoms with Crippen molar-refractivity contribution in [3.63, 3.8) is 0 Å². The molecule has 0 spiro atoms. The lowest BCUT2D eigenvalue weighted by molar-refractivity contribution is 0.103. The molecule has 6 heteroatoms. The highest BCUT2D eigenvalue weighted by Crippen LogP contribution is 2.41. The van der Waals surface area contributed by atoms with Gasteiger partial charge < -0.3 is 19.4 Å². The van der Waals surface area contributed by atoms with E-state index >= 15 is 0 Å². The van der Waals surface area contributed by atoms with Crippen LogP contribution in [0.1, 0.15) is 27.7 Å². The van der Waals surface area contributed by atoms with Crippen LogP contribution >= 0.6 is 11.6 Å². The number of nitrogens with zero attached hydrogens (tertiary/aromatic N) is 1. The minimum atomic E-state index is -0.0303. The molecule has 0 amide bonds. The van der Waals surface area contributed by atoms with Gasteiger partial charge in [0.25, 0.3) is 0 Å². The summed E-state index contributed by atoms with van der Waals surface area (Å²) >= 11 is 6.32. The van der Waals surface area contributed by atoms with Crippen molar-refractivity contribution < 1.29 is 14.3 Å². The van der Waals surface area contributed by atoms with Crippen LogP contribution in [0, 0.1) is 6.92 Å². The number of hydrogen-bond acceptors (Lipinski definition) is 4. The topological polar surface area (TPSA) is 52.5 Å². The number of hydrogen-bond donors (Lipinski definition) is 1. The van der Waals surface area contributed by atoms with Crippen molar-refractivity contribution in [3.8, 4) is 11.5 Å². The monoisotopic (exact) mass is 384 g/mol. The molecule has 1 aliphatic heterocycles. The number of benzene rings is 2. The highest BCUT2D eigenvalue weighted by molar-refractivity contribution is 6.32. The van der Waals surface area contributed by atoms with Crippen LogP contribution in [0.2, 0.25) is 5.02 Å². The van der Waals surface area contributed by atoms with Gasteiger partial charge in [0.05, 0.1) is 24.2 Å². The Bertz CT molecular complexity index is 1020. The SMILES string of the molecule is CNCC1COc2cc(Cl)cc3c(C(=O)c4ccc(OC)cc4)c(C)n1c23. The molecule has 0 aliphatic carbocycles. The third kappa shape index (κ3) is 2.87. The molecule has 0 radical (unpaired) electrons. The molecule has 1 aromatic heterocycles. The number of rotatable bonds is 5. The maximum Gasteiger partial charge on any atom is 0.195 e. The van der Waals surface area contributed by atoms with Crippen molar-refractivity contribution in [1.29, 1.82) is 0 Å². The average molecular weight is 385 g/mol. The summed E-state index contributed by atoms with van der Waals surface area (Å²) in [5.74, 6) is 1.41. The van der Waals surface area contributed by atoms with E-state index in [1.165, 1.54) is 0 Å². The Morgan fingerprint density at radius 1 is 1.33 bits per heavy atom. The molecule has 0 bridgehead atoms. The summed E-state index contributed by atoms with van der Waals surface area (Å²) in [5.41, 5.74) is 3.15. The summed E-state index contributed by atoms with van der Waals surface area (Å²) in [6, 6.07) is 11.0. The number of ether oxygens (including phenoxy) is 2. The van der Waals surface area contributed by atoms with Crippen LogP contribution in [0.25, 0.3) is 10.9 Å². The van der Waals surface area contributed by atoms with Crippen molar-refractivity contribution in [2.75, 3.05) is 27.3 Å². The van der Waals surface area contributed by atoms with Gasteiger partial charge in [-0.15, -0.1) is 0 Å². The quantitative estimate of drug-likeness (QED) is 0.676. The van der Waals surface area contributed by atoms with E-state index in [1.54, 1.807) is 31.4 Å². The number of likely N-dealkylation sites (N-methyl/N-ethyl adjacent to an activating group) is 1. The normalized spacial score (nSPS) is 15.6. The second kappa shape index (κ2) is 6.91. The molecule has 0 fully saturated rings. The van der Waals surface area contributed by atoms with Gasteiger partial charge in [0.2, 0.25) is 0 Å². The molecule has 5 nitrogen and oxygen atoms in total. The molecule has 1 atom stereocenters. The van der Waals surface area contributed by atoms with Gasteiger partial charge in [-0.2, -0.15) is 0 Å². The van der Waals surface area contributed by atoms with Crippen LogP contribution in [-0.4, -0.2) is 37.7 Å². The zero-order chi connectivity index (χ0) is 19.1. The number of halogens is 1. The molecule has 1 N–H and O–H groups in total. The largest absolute Gasteiger partial charge is 0.497 e. The Morgan fingerprint density at radius 2 is 2.07 bits per heavy atom. The van der Waals surface area contributed by atoms with Crippen LogP contribution in [0.15, 0.2) is 36.4 Å². The van der Waals surface area contributed by atoms with Gasteiger partial charge in [0.15, 0.2) is 5.78 Å². The zero-order valence-electron chi connectivity index (χ0n) is 15.5. The number of methoxy groups -OCH3 is 1. The predicted molar refractivity (Wildman–Crippen MR) is 107 cm³/mol. The lowest BCUT2D eigenvalue weighted by Gasteiger charge is -2.27. The van der Waals surface area contributed by atoms with E-state index in [-0.39, 0.29) is 11.8 Å². The van der Waals surface area contributed by atoms with Crippen LogP contribution in [0.5, 0.6) is 11.5 Å². The van der Waals surface area contributed by atoms with E-state index in [9.17, 15) is 4.79 Å². The van der Waals surface area contributed by atoms with Gasteiger partial charge >= 0.3 is 0 Å². The fourth-order valence-corrected chi connectivity index (χ4v) is 4.09. The molecular weight excluding hydrogens is 364 g/mol. The second-order valence-electron chi connectivity index (χ2n) is 6.71. The zero-order valence-corrected chi connectivity index (χ0v) is 16.3. The second-order valence-corrected chi connectivity index (χ2v) is 7.15. The van der Waals surface area contributed by atoms with Gasteiger partial charge in [-0.05, 0) is 44.3 Å². The van der Waals surface area contributed by atoms with Gasteiger partial charge in [-0.3, -0.25) is 4.79 Å². The number of aromatic nitrogens is 1. The molecular formula is C21H21ClN2O3. The van der Waals surface area contributed by atoms with E-state index in [0.717, 1.165) is 34.6 Å². The number of carbonyl (C=O) groups is 1. The van der Waals surface area contributed by atoms with E-state index in [2.05, 4.69) is 9.88 Å². The molecule has 3 aromatic rings. The van der Waals surface area contributed by atoms with Crippen molar-refractivity contribution >= 4 is 28.3 Å². The molecule has 1 aliphatic rings. The maximum absolute atomic E-state index is 13.4. The Hall–Kier alpha value is -2.50. The molecule has 4 rings (SSSR count). The van der Waals surface area contributed by atoms with E-state index < -0.39 is 0 Å². The van der Waals surface area contributed by atoms with E-state index in [4.69, 9.17) is 21.1 Å². The summed E-state index contributed by atoms with van der Waals surface area (Å²) in [4.78, 5) is 13.4. The van der Waals surface area contributed by atoms with Gasteiger partial charge in [0, 0.05) is 34.3 Å². The van der Waals surface area contributed by atoms with Gasteiger partial charge in [0.1, 0.15) is 18.1 Å². The first-order valence-corrected chi connectivity index (χ1v) is 9.23. The van der Waals surface area contributed by atoms with Gasteiger partial charge in [-0.1, -0.05) is 11.6 Å². The lowest BCUT2D eigenvalue weighted by atomic mass is 10.0. The lowest BCUT2D eigenvalue weighted by Crippen LogP contribution is -2.30. The minimum absolute atomic E-state index is 0.0303. The summed E-state index contributed by atoms with van der Waals surface area (Å²) in [5, 5.41) is 4.60. The van der Waals surface area contributed by atoms with Crippen molar-refractivity contribution in [3.05, 3.63) is 58.2 Å². The fourth-order valence-electron chi connectivity index (χ4n) is 3.88. The molecule has 2 heterocycles. The first kappa shape index (κ1) is 17.9. The Labute approximate surface area is 162 Å². The number of carbonyl (C=O) groups excluding carboxylic acids is 1. The summed E-state index contributed by atoms with van der Waals surface area (Å²) in [6.07, 6.45) is 0. The number of nitrogens with one attached hydrogen (secondary N) is 1. The van der Waals surface area contributed by atoms with Gasteiger partial charge in [-0.25, -0.2) is 0 Å². The first-order valence-electron chi connectivity index (χ1n) is 8.85. The predicted octanol–water partition coefficient (Wildman–Crippen LogP) is 4.00. The Balaban J connectivity index is 1.93. The molecule has 0 saturated carbocycles. The maximum atomic E-state index is 13.4. The smallest absolute Gasteiger partial charge is 0.195 e. The van der Waals surface area contributed by atoms with Crippen LogP contribution in [0.3, 0.4) is 0 Å². The first-order chi connectivity index (χ1) is 13.0. The van der Waals surface area contributed by atoms with Crippen LogP contribution in [0.4, 0.5) is 0 Å². The van der Waals surface area contributed by atoms with Crippen molar-refractivity contribution in [2.24, 2.45) is 0 Å². The highest BCUT2D eigenvalue weighted by Gasteiger charge is 2.30. The third-order valence-electron chi connectivity index (χ3n) is 5.09. The van der Waals surface area contributed by atoms with Crippen molar-refractivity contribution in [2.45, 2.75) is 13.0 Å². The Kier molecular flexibility index (Phi) is 4.58. The highest BCUT2D eigenvalue weighted by atomic mass is 35.5. The summed E-state index contributed by atoms with van der Waals surface area (Å²) < 4.78 is 13.4. The molecule has 1 unspecified atom stereocenters. The minimum Gasteiger partial charge on any atom is -0.497 e. The molecule has 0 saturated heterocycles. The van der Waals surface area contributed by atoms with Crippen LogP contribution < -0.4 is 14.8 Å². The van der Waals surface area contributed by atoms with E-state index in [1.807, 2.05) is 26.1 Å². The Morgan fingerprint density at radius 3 is 2.74 bits per heavy atom. The van der Waals surface area contributed by atoms with Crippen LogP contribution in [-0.2, 0) is 0 Å². The standard InChI is InChI=1S/C21H21ClN2O3/c1-12-19(21(25)13-4-6-16(26-3)7-5-13)17-8-14(22)9-18-20(17)24(12)15(10-23-2)11-27-18/h4-9,15,23H,10-11H2,1-3H3. The van der Waals surface area contributed by atoms with Crippen molar-refractivity contribution in [1.82, 2.24) is 9.88 Å². The fraction of sp³-hybridized carbons (Fsp3) is 0.286. The molecule has 27 heavy (non-hydrogen) atoms. The third-order valence-corrected chi connectivity index (χ3v) is 5.31. The molecule has 2 aromatic carbocycles.